The highest BCUT2D eigenvalue weighted by Crippen LogP contribution is 2.24. The zero-order valence-corrected chi connectivity index (χ0v) is 12.5. The van der Waals surface area contributed by atoms with Gasteiger partial charge in [0.05, 0.1) is 12.5 Å². The Bertz CT molecular complexity index is 553. The molecule has 5 nitrogen and oxygen atoms in total. The van der Waals surface area contributed by atoms with Gasteiger partial charge in [0.1, 0.15) is 5.82 Å². The van der Waals surface area contributed by atoms with Crippen LogP contribution in [0.5, 0.6) is 0 Å². The molecule has 1 aromatic rings. The summed E-state index contributed by atoms with van der Waals surface area (Å²) in [6.45, 7) is 0.108. The van der Waals surface area contributed by atoms with E-state index in [1.54, 1.807) is 0 Å². The second-order valence-electron chi connectivity index (χ2n) is 5.60. The molecular formula is C16H20FNO4. The van der Waals surface area contributed by atoms with Crippen molar-refractivity contribution in [2.45, 2.75) is 38.3 Å². The minimum absolute atomic E-state index is 0.0287. The van der Waals surface area contributed by atoms with Crippen molar-refractivity contribution in [1.29, 1.82) is 0 Å². The maximum Gasteiger partial charge on any atom is 0.306 e. The number of hydrogen-bond donors (Lipinski definition) is 2. The lowest BCUT2D eigenvalue weighted by atomic mass is 9.86. The van der Waals surface area contributed by atoms with Crippen LogP contribution in [0.15, 0.2) is 18.2 Å². The van der Waals surface area contributed by atoms with Crippen molar-refractivity contribution in [3.63, 3.8) is 0 Å². The zero-order chi connectivity index (χ0) is 16.1. The molecule has 1 aromatic carbocycles. The van der Waals surface area contributed by atoms with Gasteiger partial charge in [0.25, 0.3) is 5.91 Å². The molecule has 0 saturated heterocycles. The molecule has 2 N–H and O–H groups in total. The fourth-order valence-electron chi connectivity index (χ4n) is 2.74. The predicted octanol–water partition coefficient (Wildman–Crippen LogP) is 2.35. The van der Waals surface area contributed by atoms with Crippen LogP contribution in [0.3, 0.4) is 0 Å². The first kappa shape index (κ1) is 16.4. The number of nitrogens with one attached hydrogen (secondary N) is 1. The average molecular weight is 309 g/mol. The molecule has 120 valence electrons. The van der Waals surface area contributed by atoms with Gasteiger partial charge in [-0.15, -0.1) is 0 Å². The first-order valence-electron chi connectivity index (χ1n) is 7.32. The fourth-order valence-corrected chi connectivity index (χ4v) is 2.74. The van der Waals surface area contributed by atoms with E-state index in [1.807, 2.05) is 0 Å². The predicted molar refractivity (Wildman–Crippen MR) is 78.0 cm³/mol. The third kappa shape index (κ3) is 4.04. The monoisotopic (exact) mass is 309 g/mol. The number of amides is 1. The maximum atomic E-state index is 13.5. The molecular weight excluding hydrogens is 289 g/mol. The summed E-state index contributed by atoms with van der Waals surface area (Å²) in [6, 6.07) is 4.15. The number of carboxylic acids is 1. The maximum absolute atomic E-state index is 13.5. The summed E-state index contributed by atoms with van der Waals surface area (Å²) in [4.78, 5) is 23.1. The molecule has 22 heavy (non-hydrogen) atoms. The molecule has 2 rings (SSSR count). The number of ether oxygens (including phenoxy) is 1. The van der Waals surface area contributed by atoms with Crippen molar-refractivity contribution in [2.24, 2.45) is 5.92 Å². The van der Waals surface area contributed by atoms with Crippen LogP contribution < -0.4 is 5.32 Å². The SMILES string of the molecule is COCc1cc(C(=O)NC2CCC(C(=O)O)CC2)ccc1F. The highest BCUT2D eigenvalue weighted by molar-refractivity contribution is 5.94. The lowest BCUT2D eigenvalue weighted by Crippen LogP contribution is -2.38. The molecule has 1 aliphatic carbocycles. The summed E-state index contributed by atoms with van der Waals surface area (Å²) < 4.78 is 18.4. The Hall–Kier alpha value is -1.95. The lowest BCUT2D eigenvalue weighted by Gasteiger charge is -2.26. The van der Waals surface area contributed by atoms with Crippen molar-refractivity contribution in [1.82, 2.24) is 5.32 Å². The minimum Gasteiger partial charge on any atom is -0.481 e. The van der Waals surface area contributed by atoms with Gasteiger partial charge in [-0.3, -0.25) is 9.59 Å². The average Bonchev–Trinajstić information content (AvgIpc) is 2.50. The molecule has 0 heterocycles. The molecule has 0 atom stereocenters. The highest BCUT2D eigenvalue weighted by Gasteiger charge is 2.26. The number of carbonyl (C=O) groups excluding carboxylic acids is 1. The number of carboxylic acid groups (broad SMARTS) is 1. The van der Waals surface area contributed by atoms with Crippen molar-refractivity contribution in [2.75, 3.05) is 7.11 Å². The van der Waals surface area contributed by atoms with Crippen LogP contribution in [-0.2, 0) is 16.1 Å². The standard InChI is InChI=1S/C16H20FNO4/c1-22-9-12-8-11(4-7-14(12)17)15(19)18-13-5-2-10(3-6-13)16(20)21/h4,7-8,10,13H,2-3,5-6,9H2,1H3,(H,18,19)(H,20,21). The van der Waals surface area contributed by atoms with E-state index in [0.717, 1.165) is 0 Å². The van der Waals surface area contributed by atoms with E-state index in [4.69, 9.17) is 9.84 Å². The van der Waals surface area contributed by atoms with Crippen molar-refractivity contribution >= 4 is 11.9 Å². The molecule has 0 unspecified atom stereocenters. The molecule has 0 spiro atoms. The Morgan fingerprint density at radius 2 is 2.00 bits per heavy atom. The quantitative estimate of drug-likeness (QED) is 0.875. The largest absolute Gasteiger partial charge is 0.481 e. The molecule has 0 radical (unpaired) electrons. The van der Waals surface area contributed by atoms with Gasteiger partial charge in [0, 0.05) is 24.3 Å². The summed E-state index contributed by atoms with van der Waals surface area (Å²) >= 11 is 0. The first-order chi connectivity index (χ1) is 10.5. The molecule has 0 aliphatic heterocycles. The van der Waals surface area contributed by atoms with Gasteiger partial charge in [-0.25, -0.2) is 4.39 Å². The van der Waals surface area contributed by atoms with Crippen LogP contribution in [0.25, 0.3) is 0 Å². The van der Waals surface area contributed by atoms with Crippen molar-refractivity contribution in [3.05, 3.63) is 35.1 Å². The van der Waals surface area contributed by atoms with Gasteiger partial charge >= 0.3 is 5.97 Å². The number of aliphatic carboxylic acids is 1. The van der Waals surface area contributed by atoms with Crippen LogP contribution in [0.4, 0.5) is 4.39 Å². The second kappa shape index (κ2) is 7.35. The topological polar surface area (TPSA) is 75.6 Å². The number of methoxy groups -OCH3 is 1. The molecule has 1 aliphatic rings. The lowest BCUT2D eigenvalue weighted by molar-refractivity contribution is -0.142. The van der Waals surface area contributed by atoms with Crippen molar-refractivity contribution in [3.8, 4) is 0 Å². The van der Waals surface area contributed by atoms with E-state index in [1.165, 1.54) is 25.3 Å². The Morgan fingerprint density at radius 3 is 2.59 bits per heavy atom. The summed E-state index contributed by atoms with van der Waals surface area (Å²) in [5, 5.41) is 11.8. The van der Waals surface area contributed by atoms with Gasteiger partial charge in [-0.05, 0) is 43.9 Å². The number of carbonyl (C=O) groups is 2. The van der Waals surface area contributed by atoms with Gasteiger partial charge in [0.2, 0.25) is 0 Å². The van der Waals surface area contributed by atoms with Gasteiger partial charge in [-0.2, -0.15) is 0 Å². The van der Waals surface area contributed by atoms with E-state index in [2.05, 4.69) is 5.32 Å². The van der Waals surface area contributed by atoms with Crippen LogP contribution in [-0.4, -0.2) is 30.1 Å². The molecule has 0 bridgehead atoms. The van der Waals surface area contributed by atoms with Crippen LogP contribution in [0, 0.1) is 11.7 Å². The Labute approximate surface area is 128 Å². The van der Waals surface area contributed by atoms with Crippen molar-refractivity contribution < 1.29 is 23.8 Å². The first-order valence-corrected chi connectivity index (χ1v) is 7.32. The van der Waals surface area contributed by atoms with Crippen LogP contribution >= 0.6 is 0 Å². The van der Waals surface area contributed by atoms with Crippen LogP contribution in [0.1, 0.15) is 41.6 Å². The normalized spacial score (nSPS) is 21.4. The Balaban J connectivity index is 1.95. The van der Waals surface area contributed by atoms with E-state index in [-0.39, 0.29) is 24.5 Å². The fraction of sp³-hybridized carbons (Fsp3) is 0.500. The van der Waals surface area contributed by atoms with E-state index in [9.17, 15) is 14.0 Å². The summed E-state index contributed by atoms with van der Waals surface area (Å²) in [6.07, 6.45) is 2.43. The summed E-state index contributed by atoms with van der Waals surface area (Å²) in [5.41, 5.74) is 0.721. The van der Waals surface area contributed by atoms with E-state index >= 15 is 0 Å². The number of benzene rings is 1. The zero-order valence-electron chi connectivity index (χ0n) is 12.5. The summed E-state index contributed by atoms with van der Waals surface area (Å²) in [5.74, 6) is -1.75. The molecule has 0 aromatic heterocycles. The van der Waals surface area contributed by atoms with E-state index < -0.39 is 11.8 Å². The van der Waals surface area contributed by atoms with Gasteiger partial charge in [0.15, 0.2) is 0 Å². The third-order valence-electron chi connectivity index (χ3n) is 4.02. The smallest absolute Gasteiger partial charge is 0.306 e. The van der Waals surface area contributed by atoms with E-state index in [0.29, 0.717) is 36.8 Å². The van der Waals surface area contributed by atoms with Gasteiger partial charge in [-0.1, -0.05) is 0 Å². The second-order valence-corrected chi connectivity index (χ2v) is 5.60. The molecule has 6 heteroatoms. The molecule has 1 fully saturated rings. The third-order valence-corrected chi connectivity index (χ3v) is 4.02. The Kier molecular flexibility index (Phi) is 5.49. The number of halogens is 1. The van der Waals surface area contributed by atoms with Gasteiger partial charge < -0.3 is 15.2 Å². The summed E-state index contributed by atoms with van der Waals surface area (Å²) in [7, 11) is 1.47. The minimum atomic E-state index is -0.771. The Morgan fingerprint density at radius 1 is 1.32 bits per heavy atom. The van der Waals surface area contributed by atoms with Crippen LogP contribution in [0.2, 0.25) is 0 Å². The highest BCUT2D eigenvalue weighted by atomic mass is 19.1. The molecule has 1 saturated carbocycles. The molecule has 1 amide bonds. The number of rotatable bonds is 5. The number of hydrogen-bond acceptors (Lipinski definition) is 3.